The number of anilines is 1. The zero-order chi connectivity index (χ0) is 29.8. The Morgan fingerprint density at radius 3 is 2.71 bits per heavy atom. The van der Waals surface area contributed by atoms with Crippen LogP contribution in [-0.2, 0) is 18.3 Å². The summed E-state index contributed by atoms with van der Waals surface area (Å²) in [4.78, 5) is 36.4. The van der Waals surface area contributed by atoms with E-state index >= 15 is 0 Å². The predicted molar refractivity (Wildman–Crippen MR) is 159 cm³/mol. The number of hydrogen-bond donors (Lipinski definition) is 3. The fourth-order valence-electron chi connectivity index (χ4n) is 4.27. The van der Waals surface area contributed by atoms with Crippen molar-refractivity contribution >= 4 is 39.3 Å². The number of ether oxygens (including phenoxy) is 2. The minimum Gasteiger partial charge on any atom is -0.453 e. The number of pyridine rings is 1. The van der Waals surface area contributed by atoms with Gasteiger partial charge in [-0.25, -0.2) is 19.0 Å². The second kappa shape index (κ2) is 12.7. The lowest BCUT2D eigenvalue weighted by molar-refractivity contribution is 0.144. The minimum absolute atomic E-state index is 0.00799. The summed E-state index contributed by atoms with van der Waals surface area (Å²) in [6.07, 6.45) is 5.29. The summed E-state index contributed by atoms with van der Waals surface area (Å²) in [5, 5.41) is 8.38. The molecule has 0 aliphatic heterocycles. The van der Waals surface area contributed by atoms with Gasteiger partial charge in [-0.1, -0.05) is 0 Å². The molecule has 0 spiro atoms. The number of carbonyl (C=O) groups is 2. The van der Waals surface area contributed by atoms with Crippen molar-refractivity contribution in [3.8, 4) is 22.2 Å². The van der Waals surface area contributed by atoms with Crippen molar-refractivity contribution in [1.29, 1.82) is 0 Å². The second-order valence-electron chi connectivity index (χ2n) is 10.4. The van der Waals surface area contributed by atoms with E-state index in [1.807, 2.05) is 31.5 Å². The number of amides is 4. The summed E-state index contributed by atoms with van der Waals surface area (Å²) in [7, 11) is 3.50. The summed E-state index contributed by atoms with van der Waals surface area (Å²) in [5.41, 5.74) is 1.87. The molecule has 1 aliphatic rings. The van der Waals surface area contributed by atoms with Crippen LogP contribution in [0.1, 0.15) is 32.4 Å². The molecule has 0 unspecified atom stereocenters. The summed E-state index contributed by atoms with van der Waals surface area (Å²) in [5.74, 6) is 0.587. The lowest BCUT2D eigenvalue weighted by atomic mass is 10.3. The first-order chi connectivity index (χ1) is 20.2. The molecule has 0 radical (unpaired) electrons. The molecule has 11 nitrogen and oxygen atoms in total. The molecule has 3 heterocycles. The van der Waals surface area contributed by atoms with Crippen LogP contribution in [0.4, 0.5) is 19.7 Å². The van der Waals surface area contributed by atoms with Crippen molar-refractivity contribution in [2.45, 2.75) is 45.3 Å². The number of benzene rings is 1. The molecule has 1 saturated carbocycles. The van der Waals surface area contributed by atoms with E-state index in [0.29, 0.717) is 42.5 Å². The smallest absolute Gasteiger partial charge is 0.319 e. The highest BCUT2D eigenvalue weighted by molar-refractivity contribution is 7.22. The van der Waals surface area contributed by atoms with E-state index in [4.69, 9.17) is 9.47 Å². The van der Waals surface area contributed by atoms with Crippen LogP contribution in [0, 0.1) is 5.82 Å². The third-order valence-electron chi connectivity index (χ3n) is 6.62. The molecule has 222 valence electrons. The molecule has 4 amide bonds. The first-order valence-electron chi connectivity index (χ1n) is 13.7. The Bertz CT molecular complexity index is 1580. The molecule has 0 bridgehead atoms. The van der Waals surface area contributed by atoms with Gasteiger partial charge >= 0.3 is 12.1 Å². The number of fused-ring (bicyclic) bond motifs is 1. The monoisotopic (exact) mass is 595 g/mol. The molecule has 13 heteroatoms. The highest BCUT2D eigenvalue weighted by Crippen LogP contribution is 2.39. The first-order valence-corrected chi connectivity index (χ1v) is 14.5. The summed E-state index contributed by atoms with van der Waals surface area (Å²) < 4.78 is 28.8. The van der Waals surface area contributed by atoms with Crippen LogP contribution >= 0.6 is 11.3 Å². The number of methoxy groups -OCH3 is 1. The van der Waals surface area contributed by atoms with Gasteiger partial charge < -0.3 is 34.9 Å². The Kier molecular flexibility index (Phi) is 8.88. The lowest BCUT2D eigenvalue weighted by Gasteiger charge is -2.24. The highest BCUT2D eigenvalue weighted by Gasteiger charge is 2.23. The first kappa shape index (κ1) is 29.3. The van der Waals surface area contributed by atoms with Gasteiger partial charge in [-0.3, -0.25) is 4.98 Å². The van der Waals surface area contributed by atoms with Gasteiger partial charge in [-0.05, 0) is 44.9 Å². The Balaban J connectivity index is 1.33. The number of nitrogens with zero attached hydrogens (tertiary/aromatic N) is 4. The third kappa shape index (κ3) is 6.97. The number of carbonyl (C=O) groups excluding carboxylic acids is 2. The number of thiophene rings is 1. The van der Waals surface area contributed by atoms with Crippen LogP contribution in [0.5, 0.6) is 11.5 Å². The molecule has 4 aromatic rings. The van der Waals surface area contributed by atoms with E-state index in [9.17, 15) is 14.0 Å². The number of rotatable bonds is 11. The highest BCUT2D eigenvalue weighted by atomic mass is 32.1. The van der Waals surface area contributed by atoms with Gasteiger partial charge in [0, 0.05) is 56.8 Å². The Morgan fingerprint density at radius 1 is 1.19 bits per heavy atom. The van der Waals surface area contributed by atoms with Gasteiger partial charge in [0.25, 0.3) is 0 Å². The fraction of sp³-hybridized carbons (Fsp3) is 0.379. The van der Waals surface area contributed by atoms with E-state index in [1.54, 1.807) is 36.5 Å². The third-order valence-corrected chi connectivity index (χ3v) is 7.76. The quantitative estimate of drug-likeness (QED) is 0.211. The van der Waals surface area contributed by atoms with Crippen molar-refractivity contribution in [1.82, 2.24) is 30.1 Å². The SMILES string of the molecule is COCCN(Cc1cnc(-c2cc3nccc(Oc4ccc(NC(=O)NC5CC5)cc4F)c3s2)n1C)C(=O)NC(C)C. The molecule has 0 atom stereocenters. The maximum absolute atomic E-state index is 14.9. The van der Waals surface area contributed by atoms with E-state index in [0.717, 1.165) is 28.1 Å². The van der Waals surface area contributed by atoms with Crippen LogP contribution < -0.4 is 20.7 Å². The van der Waals surface area contributed by atoms with E-state index < -0.39 is 5.82 Å². The Morgan fingerprint density at radius 2 is 2.00 bits per heavy atom. The molecule has 1 fully saturated rings. The van der Waals surface area contributed by atoms with Crippen molar-refractivity contribution in [2.24, 2.45) is 7.05 Å². The van der Waals surface area contributed by atoms with Gasteiger partial charge in [-0.15, -0.1) is 11.3 Å². The van der Waals surface area contributed by atoms with E-state index in [1.165, 1.54) is 23.5 Å². The molecule has 1 aromatic carbocycles. The lowest BCUT2D eigenvalue weighted by Crippen LogP contribution is -2.44. The zero-order valence-corrected chi connectivity index (χ0v) is 24.8. The molecule has 42 heavy (non-hydrogen) atoms. The van der Waals surface area contributed by atoms with Crippen molar-refractivity contribution in [3.63, 3.8) is 0 Å². The molecular weight excluding hydrogens is 561 g/mol. The number of urea groups is 2. The minimum atomic E-state index is -0.603. The van der Waals surface area contributed by atoms with Gasteiger partial charge in [0.1, 0.15) is 11.6 Å². The number of hydrogen-bond acceptors (Lipinski definition) is 7. The van der Waals surface area contributed by atoms with Crippen molar-refractivity contribution in [2.75, 3.05) is 25.6 Å². The van der Waals surface area contributed by atoms with E-state index in [2.05, 4.69) is 25.9 Å². The Hall–Kier alpha value is -4.23. The molecule has 3 N–H and O–H groups in total. The average molecular weight is 596 g/mol. The van der Waals surface area contributed by atoms with Crippen molar-refractivity contribution < 1.29 is 23.5 Å². The molecule has 1 aliphatic carbocycles. The molecule has 0 saturated heterocycles. The van der Waals surface area contributed by atoms with Crippen LogP contribution in [0.3, 0.4) is 0 Å². The molecular formula is C29H34FN7O4S. The number of imidazole rings is 1. The fourth-order valence-corrected chi connectivity index (χ4v) is 5.37. The summed E-state index contributed by atoms with van der Waals surface area (Å²) in [6.45, 7) is 5.04. The van der Waals surface area contributed by atoms with Gasteiger partial charge in [0.15, 0.2) is 11.6 Å². The topological polar surface area (TPSA) is 123 Å². The van der Waals surface area contributed by atoms with Crippen molar-refractivity contribution in [3.05, 3.63) is 54.2 Å². The van der Waals surface area contributed by atoms with Crippen LogP contribution in [0.2, 0.25) is 0 Å². The van der Waals surface area contributed by atoms with Gasteiger partial charge in [-0.2, -0.15) is 0 Å². The molecule has 5 rings (SSSR count). The van der Waals surface area contributed by atoms with Crippen LogP contribution in [-0.4, -0.2) is 63.8 Å². The number of halogens is 1. The summed E-state index contributed by atoms with van der Waals surface area (Å²) in [6, 6.07) is 7.58. The average Bonchev–Trinajstić information content (AvgIpc) is 3.52. The number of aromatic nitrogens is 3. The van der Waals surface area contributed by atoms with Crippen LogP contribution in [0.15, 0.2) is 42.7 Å². The predicted octanol–water partition coefficient (Wildman–Crippen LogP) is 5.48. The zero-order valence-electron chi connectivity index (χ0n) is 23.9. The maximum Gasteiger partial charge on any atom is 0.319 e. The maximum atomic E-state index is 14.9. The Labute approximate surface area is 247 Å². The van der Waals surface area contributed by atoms with Gasteiger partial charge in [0.05, 0.1) is 40.1 Å². The summed E-state index contributed by atoms with van der Waals surface area (Å²) >= 11 is 1.43. The van der Waals surface area contributed by atoms with E-state index in [-0.39, 0.29) is 29.9 Å². The second-order valence-corrected chi connectivity index (χ2v) is 11.5. The van der Waals surface area contributed by atoms with Gasteiger partial charge in [0.2, 0.25) is 0 Å². The largest absolute Gasteiger partial charge is 0.453 e. The standard InChI is InChI=1S/C29H34FN7O4S/c1-17(2)33-29(39)37(11-12-40-4)16-20-15-32-27(36(20)3)25-14-22-26(42-25)24(9-10-31-22)41-23-8-7-19(13-21(23)30)35-28(38)34-18-5-6-18/h7-10,13-15,17-18H,5-6,11-12,16H2,1-4H3,(H,33,39)(H2,34,35,38). The van der Waals surface area contributed by atoms with Crippen LogP contribution in [0.25, 0.3) is 20.9 Å². The number of nitrogens with one attached hydrogen (secondary N) is 3. The normalized spacial score (nSPS) is 12.9. The molecule has 3 aromatic heterocycles.